The number of piperidine rings is 1. The summed E-state index contributed by atoms with van der Waals surface area (Å²) in [4.78, 5) is 24.4. The maximum atomic E-state index is 12.1. The van der Waals surface area contributed by atoms with Crippen LogP contribution in [-0.2, 0) is 4.79 Å². The molecule has 1 unspecified atom stereocenters. The Morgan fingerprint density at radius 1 is 1.47 bits per heavy atom. The van der Waals surface area contributed by atoms with Crippen LogP contribution in [0.3, 0.4) is 0 Å². The Morgan fingerprint density at radius 2 is 2.32 bits per heavy atom. The minimum absolute atomic E-state index is 0.0225. The summed E-state index contributed by atoms with van der Waals surface area (Å²) in [6.45, 7) is 0.641. The molecule has 0 spiro atoms. The quantitative estimate of drug-likeness (QED) is 0.860. The molecule has 9 heteroatoms. The first kappa shape index (κ1) is 13.7. The molecule has 1 aliphatic heterocycles. The average molecular weight is 285 g/mol. The van der Waals surface area contributed by atoms with Gasteiger partial charge in [0.1, 0.15) is 0 Å². The van der Waals surface area contributed by atoms with Gasteiger partial charge in [0.25, 0.3) is 0 Å². The Bertz CT molecular complexity index is 438. The van der Waals surface area contributed by atoms with E-state index in [1.54, 1.807) is 4.90 Å². The van der Waals surface area contributed by atoms with Gasteiger partial charge in [0.05, 0.1) is 0 Å². The van der Waals surface area contributed by atoms with Crippen LogP contribution in [0.5, 0.6) is 0 Å². The summed E-state index contributed by atoms with van der Waals surface area (Å²) in [5.74, 6) is -0.834. The number of hydrogen-bond donors (Lipinski definition) is 2. The Balaban J connectivity index is 1.94. The maximum absolute atomic E-state index is 12.1. The smallest absolute Gasteiger partial charge is 0.323 e. The molecule has 2 heterocycles. The zero-order valence-corrected chi connectivity index (χ0v) is 11.1. The molecule has 0 bridgehead atoms. The molecule has 0 aromatic carbocycles. The van der Waals surface area contributed by atoms with Crippen LogP contribution in [-0.4, -0.2) is 49.4 Å². The number of amides is 2. The highest BCUT2D eigenvalue weighted by atomic mass is 32.1. The van der Waals surface area contributed by atoms with E-state index in [1.165, 1.54) is 0 Å². The summed E-state index contributed by atoms with van der Waals surface area (Å²) < 4.78 is 3.57. The van der Waals surface area contributed by atoms with Gasteiger partial charge in [-0.05, 0) is 30.9 Å². The molecule has 1 saturated heterocycles. The lowest BCUT2D eigenvalue weighted by Crippen LogP contribution is -2.46. The van der Waals surface area contributed by atoms with Gasteiger partial charge in [-0.25, -0.2) is 4.79 Å². The lowest BCUT2D eigenvalue weighted by molar-refractivity contribution is -0.137. The number of rotatable bonds is 4. The van der Waals surface area contributed by atoms with Crippen molar-refractivity contribution in [2.24, 2.45) is 0 Å². The molecule has 0 aliphatic carbocycles. The molecule has 0 radical (unpaired) electrons. The van der Waals surface area contributed by atoms with E-state index in [4.69, 9.17) is 5.11 Å². The van der Waals surface area contributed by atoms with E-state index >= 15 is 0 Å². The highest BCUT2D eigenvalue weighted by molar-refractivity contribution is 7.09. The highest BCUT2D eigenvalue weighted by Crippen LogP contribution is 2.22. The third kappa shape index (κ3) is 3.85. The van der Waals surface area contributed by atoms with Crippen LogP contribution in [0, 0.1) is 0 Å². The number of carbonyl (C=O) groups excluding carboxylic acids is 1. The Kier molecular flexibility index (Phi) is 4.61. The molecule has 1 fully saturated rings. The van der Waals surface area contributed by atoms with Gasteiger partial charge in [-0.2, -0.15) is 0 Å². The van der Waals surface area contributed by atoms with Gasteiger partial charge >= 0.3 is 12.0 Å². The van der Waals surface area contributed by atoms with Crippen LogP contribution in [0.25, 0.3) is 0 Å². The minimum atomic E-state index is -0.834. The molecule has 1 atom stereocenters. The monoisotopic (exact) mass is 285 g/mol. The van der Waals surface area contributed by atoms with Crippen molar-refractivity contribution in [1.82, 2.24) is 19.7 Å². The highest BCUT2D eigenvalue weighted by Gasteiger charge is 2.27. The second kappa shape index (κ2) is 6.41. The van der Waals surface area contributed by atoms with Crippen molar-refractivity contribution in [3.05, 3.63) is 0 Å². The topological polar surface area (TPSA) is 108 Å². The summed E-state index contributed by atoms with van der Waals surface area (Å²) in [7, 11) is 0. The summed E-state index contributed by atoms with van der Waals surface area (Å²) in [6.07, 6.45) is 3.36. The van der Waals surface area contributed by atoms with Gasteiger partial charge in [0, 0.05) is 30.5 Å². The van der Waals surface area contributed by atoms with Crippen molar-refractivity contribution >= 4 is 28.7 Å². The molecule has 1 aromatic rings. The molecule has 2 rings (SSSR count). The van der Waals surface area contributed by atoms with Crippen molar-refractivity contribution in [2.45, 2.75) is 38.1 Å². The normalized spacial score (nSPS) is 19.2. The molecular formula is C10H15N5O3S. The fraction of sp³-hybridized carbons (Fsp3) is 0.700. The van der Waals surface area contributed by atoms with Crippen molar-refractivity contribution in [2.75, 3.05) is 11.9 Å². The third-order valence-electron chi connectivity index (χ3n) is 3.09. The Morgan fingerprint density at radius 3 is 3.00 bits per heavy atom. The van der Waals surface area contributed by atoms with Crippen molar-refractivity contribution in [3.8, 4) is 0 Å². The standard InChI is InChI=1S/C10H15N5O3S/c16-8(17)5-4-7-3-1-2-6-15(7)10(18)11-9-12-13-14-19-9/h7H,1-6H2,(H,16,17)(H,11,12,14,18). The van der Waals surface area contributed by atoms with E-state index in [2.05, 4.69) is 20.1 Å². The largest absolute Gasteiger partial charge is 0.481 e. The number of aliphatic carboxylic acids is 1. The van der Waals surface area contributed by atoms with E-state index in [1.807, 2.05) is 0 Å². The minimum Gasteiger partial charge on any atom is -0.481 e. The molecule has 0 saturated carbocycles. The third-order valence-corrected chi connectivity index (χ3v) is 3.60. The first-order chi connectivity index (χ1) is 9.16. The van der Waals surface area contributed by atoms with Gasteiger partial charge in [-0.3, -0.25) is 10.1 Å². The number of hydrogen-bond acceptors (Lipinski definition) is 6. The van der Waals surface area contributed by atoms with Crippen molar-refractivity contribution < 1.29 is 14.7 Å². The summed E-state index contributed by atoms with van der Waals surface area (Å²) in [5, 5.41) is 18.8. The first-order valence-electron chi connectivity index (χ1n) is 6.11. The summed E-state index contributed by atoms with van der Waals surface area (Å²) >= 11 is 1.01. The molecule has 1 aliphatic rings. The number of aromatic nitrogens is 3. The SMILES string of the molecule is O=C(O)CCC1CCCCN1C(=O)Nc1nnns1. The van der Waals surface area contributed by atoms with Gasteiger partial charge < -0.3 is 10.0 Å². The zero-order chi connectivity index (χ0) is 13.7. The lowest BCUT2D eigenvalue weighted by atomic mass is 9.98. The van der Waals surface area contributed by atoms with Gasteiger partial charge in [-0.1, -0.05) is 9.59 Å². The number of anilines is 1. The van der Waals surface area contributed by atoms with Crippen LogP contribution < -0.4 is 5.32 Å². The number of carboxylic acids is 1. The molecule has 8 nitrogen and oxygen atoms in total. The summed E-state index contributed by atoms with van der Waals surface area (Å²) in [5.41, 5.74) is 0. The van der Waals surface area contributed by atoms with Crippen LogP contribution >= 0.6 is 11.5 Å². The van der Waals surface area contributed by atoms with Gasteiger partial charge in [0.2, 0.25) is 5.13 Å². The van der Waals surface area contributed by atoms with E-state index in [-0.39, 0.29) is 18.5 Å². The van der Waals surface area contributed by atoms with E-state index in [0.29, 0.717) is 18.1 Å². The lowest BCUT2D eigenvalue weighted by Gasteiger charge is -2.35. The second-order valence-electron chi connectivity index (χ2n) is 4.37. The zero-order valence-electron chi connectivity index (χ0n) is 10.3. The number of carbonyl (C=O) groups is 2. The number of nitrogens with zero attached hydrogens (tertiary/aromatic N) is 4. The number of urea groups is 1. The number of carboxylic acid groups (broad SMARTS) is 1. The summed E-state index contributed by atoms with van der Waals surface area (Å²) in [6, 6.07) is -0.278. The molecule has 19 heavy (non-hydrogen) atoms. The van der Waals surface area contributed by atoms with Crippen LogP contribution in [0.4, 0.5) is 9.93 Å². The van der Waals surface area contributed by atoms with Crippen molar-refractivity contribution in [1.29, 1.82) is 0 Å². The van der Waals surface area contributed by atoms with Crippen molar-refractivity contribution in [3.63, 3.8) is 0 Å². The number of likely N-dealkylation sites (tertiary alicyclic amines) is 1. The van der Waals surface area contributed by atoms with E-state index in [9.17, 15) is 9.59 Å². The van der Waals surface area contributed by atoms with Crippen LogP contribution in [0.2, 0.25) is 0 Å². The average Bonchev–Trinajstić information content (AvgIpc) is 2.89. The Hall–Kier alpha value is -1.77. The van der Waals surface area contributed by atoms with Crippen LogP contribution in [0.1, 0.15) is 32.1 Å². The molecular weight excluding hydrogens is 270 g/mol. The Labute approximate surface area is 114 Å². The van der Waals surface area contributed by atoms with Gasteiger partial charge in [-0.15, -0.1) is 0 Å². The second-order valence-corrected chi connectivity index (χ2v) is 5.11. The number of nitrogens with one attached hydrogen (secondary N) is 1. The molecule has 1 aromatic heterocycles. The molecule has 104 valence electrons. The van der Waals surface area contributed by atoms with Crippen LogP contribution in [0.15, 0.2) is 0 Å². The molecule has 2 N–H and O–H groups in total. The predicted octanol–water partition coefficient (Wildman–Crippen LogP) is 1.18. The predicted molar refractivity (Wildman–Crippen MR) is 67.9 cm³/mol. The van der Waals surface area contributed by atoms with E-state index in [0.717, 1.165) is 30.8 Å². The van der Waals surface area contributed by atoms with E-state index < -0.39 is 5.97 Å². The fourth-order valence-corrected chi connectivity index (χ4v) is 2.56. The molecule has 2 amide bonds. The fourth-order valence-electron chi connectivity index (χ4n) is 2.20. The van der Waals surface area contributed by atoms with Gasteiger partial charge in [0.15, 0.2) is 0 Å². The maximum Gasteiger partial charge on any atom is 0.323 e. The first-order valence-corrected chi connectivity index (χ1v) is 6.88.